The van der Waals surface area contributed by atoms with E-state index in [1.165, 1.54) is 18.2 Å². The van der Waals surface area contributed by atoms with Gasteiger partial charge in [-0.25, -0.2) is 13.8 Å². The molecule has 0 atom stereocenters. The summed E-state index contributed by atoms with van der Waals surface area (Å²) >= 11 is 0. The summed E-state index contributed by atoms with van der Waals surface area (Å²) < 4.78 is 43.5. The Kier molecular flexibility index (Phi) is 11.2. The van der Waals surface area contributed by atoms with Crippen LogP contribution < -0.4 is 24.8 Å². The summed E-state index contributed by atoms with van der Waals surface area (Å²) in [5.41, 5.74) is 0.914. The van der Waals surface area contributed by atoms with Crippen LogP contribution >= 0.6 is 24.0 Å². The minimum absolute atomic E-state index is 0. The number of rotatable bonds is 9. The number of ether oxygens (including phenoxy) is 3. The summed E-state index contributed by atoms with van der Waals surface area (Å²) in [6.07, 6.45) is 0.201. The lowest BCUT2D eigenvalue weighted by Crippen LogP contribution is -2.38. The summed E-state index contributed by atoms with van der Waals surface area (Å²) in [7, 11) is 4.65. The van der Waals surface area contributed by atoms with Gasteiger partial charge in [-0.15, -0.1) is 24.0 Å². The number of guanidine groups is 1. The highest BCUT2D eigenvalue weighted by molar-refractivity contribution is 14.0. The highest BCUT2D eigenvalue weighted by Crippen LogP contribution is 2.38. The summed E-state index contributed by atoms with van der Waals surface area (Å²) in [6, 6.07) is 7.50. The van der Waals surface area contributed by atoms with Crippen molar-refractivity contribution >= 4 is 29.9 Å². The van der Waals surface area contributed by atoms with Crippen LogP contribution in [0.25, 0.3) is 0 Å². The Labute approximate surface area is 193 Å². The van der Waals surface area contributed by atoms with E-state index in [1.54, 1.807) is 21.3 Å². The number of nitrogens with one attached hydrogen (secondary N) is 2. The van der Waals surface area contributed by atoms with Gasteiger partial charge in [0.1, 0.15) is 11.6 Å². The predicted molar refractivity (Wildman–Crippen MR) is 124 cm³/mol. The molecule has 2 aromatic carbocycles. The Morgan fingerprint density at radius 1 is 0.967 bits per heavy atom. The van der Waals surface area contributed by atoms with Crippen LogP contribution in [-0.4, -0.2) is 40.4 Å². The van der Waals surface area contributed by atoms with Gasteiger partial charge in [-0.05, 0) is 43.2 Å². The summed E-state index contributed by atoms with van der Waals surface area (Å²) in [5, 5.41) is 6.20. The molecule has 0 radical (unpaired) electrons. The van der Waals surface area contributed by atoms with Gasteiger partial charge in [0.2, 0.25) is 5.75 Å². The van der Waals surface area contributed by atoms with Crippen LogP contribution in [0.15, 0.2) is 35.3 Å². The van der Waals surface area contributed by atoms with Gasteiger partial charge in [0, 0.05) is 18.7 Å². The van der Waals surface area contributed by atoms with Crippen molar-refractivity contribution < 1.29 is 23.0 Å². The quantitative estimate of drug-likeness (QED) is 0.290. The van der Waals surface area contributed by atoms with Gasteiger partial charge in [0.25, 0.3) is 0 Å². The molecule has 0 saturated heterocycles. The molecular weight excluding hydrogens is 507 g/mol. The first-order valence-corrected chi connectivity index (χ1v) is 9.27. The molecule has 2 N–H and O–H groups in total. The van der Waals surface area contributed by atoms with Crippen LogP contribution in [0.3, 0.4) is 0 Å². The molecule has 6 nitrogen and oxygen atoms in total. The van der Waals surface area contributed by atoms with Crippen molar-refractivity contribution in [3.8, 4) is 17.2 Å². The number of nitrogens with zero attached hydrogens (tertiary/aromatic N) is 1. The Morgan fingerprint density at radius 2 is 1.57 bits per heavy atom. The van der Waals surface area contributed by atoms with Crippen molar-refractivity contribution in [2.24, 2.45) is 4.99 Å². The molecule has 0 aliphatic rings. The average molecular weight is 535 g/mol. The van der Waals surface area contributed by atoms with Crippen LogP contribution in [0.1, 0.15) is 18.1 Å². The van der Waals surface area contributed by atoms with Gasteiger partial charge in [0.15, 0.2) is 17.5 Å². The molecule has 0 aliphatic carbocycles. The van der Waals surface area contributed by atoms with E-state index in [0.717, 1.165) is 5.56 Å². The second-order valence-corrected chi connectivity index (χ2v) is 6.11. The van der Waals surface area contributed by atoms with Crippen molar-refractivity contribution in [1.82, 2.24) is 10.6 Å². The van der Waals surface area contributed by atoms with E-state index < -0.39 is 11.6 Å². The maximum absolute atomic E-state index is 13.7. The first-order valence-electron chi connectivity index (χ1n) is 9.27. The molecule has 0 heterocycles. The van der Waals surface area contributed by atoms with Crippen molar-refractivity contribution in [3.05, 3.63) is 53.1 Å². The van der Waals surface area contributed by atoms with Gasteiger partial charge in [-0.3, -0.25) is 0 Å². The van der Waals surface area contributed by atoms with Gasteiger partial charge in [-0.1, -0.05) is 6.07 Å². The van der Waals surface area contributed by atoms with Crippen molar-refractivity contribution in [2.45, 2.75) is 19.9 Å². The molecule has 0 unspecified atom stereocenters. The largest absolute Gasteiger partial charge is 0.493 e. The van der Waals surface area contributed by atoms with Gasteiger partial charge < -0.3 is 24.8 Å². The molecule has 0 aliphatic heterocycles. The number of hydrogen-bond acceptors (Lipinski definition) is 4. The number of benzene rings is 2. The number of hydrogen-bond donors (Lipinski definition) is 2. The maximum Gasteiger partial charge on any atom is 0.203 e. The normalized spacial score (nSPS) is 10.8. The molecule has 0 saturated carbocycles. The van der Waals surface area contributed by atoms with Crippen LogP contribution in [0.5, 0.6) is 17.2 Å². The van der Waals surface area contributed by atoms with Gasteiger partial charge in [0.05, 0.1) is 27.9 Å². The zero-order valence-electron chi connectivity index (χ0n) is 17.6. The zero-order valence-corrected chi connectivity index (χ0v) is 19.9. The first kappa shape index (κ1) is 25.7. The van der Waals surface area contributed by atoms with E-state index in [1.807, 2.05) is 19.1 Å². The lowest BCUT2D eigenvalue weighted by Gasteiger charge is -2.14. The van der Waals surface area contributed by atoms with E-state index in [2.05, 4.69) is 15.6 Å². The Balaban J connectivity index is 0.00000450. The number of halogens is 3. The fraction of sp³-hybridized carbons (Fsp3) is 0.381. The maximum atomic E-state index is 13.7. The highest BCUT2D eigenvalue weighted by atomic mass is 127. The van der Waals surface area contributed by atoms with E-state index in [0.29, 0.717) is 42.8 Å². The Morgan fingerprint density at radius 3 is 2.07 bits per heavy atom. The van der Waals surface area contributed by atoms with Crippen LogP contribution in [0.4, 0.5) is 8.78 Å². The fourth-order valence-electron chi connectivity index (χ4n) is 2.82. The second kappa shape index (κ2) is 13.1. The molecule has 166 valence electrons. The molecule has 2 rings (SSSR count). The zero-order chi connectivity index (χ0) is 21.2. The van der Waals surface area contributed by atoms with Crippen LogP contribution in [-0.2, 0) is 13.0 Å². The second-order valence-electron chi connectivity index (χ2n) is 6.11. The minimum atomic E-state index is -0.550. The average Bonchev–Trinajstić information content (AvgIpc) is 2.73. The van der Waals surface area contributed by atoms with E-state index in [-0.39, 0.29) is 36.0 Å². The SMILES string of the molecule is CCNC(=NCc1cc(OC)c(OC)c(OC)c1)NCCc1c(F)cccc1F.I. The molecule has 0 fully saturated rings. The molecule has 0 aromatic heterocycles. The van der Waals surface area contributed by atoms with E-state index >= 15 is 0 Å². The third-order valence-corrected chi connectivity index (χ3v) is 4.22. The topological polar surface area (TPSA) is 64.1 Å². The third kappa shape index (κ3) is 6.89. The molecule has 30 heavy (non-hydrogen) atoms. The van der Waals surface area contributed by atoms with Crippen LogP contribution in [0.2, 0.25) is 0 Å². The smallest absolute Gasteiger partial charge is 0.203 e. The number of aliphatic imine (C=N–C) groups is 1. The van der Waals surface area contributed by atoms with E-state index in [9.17, 15) is 8.78 Å². The highest BCUT2D eigenvalue weighted by Gasteiger charge is 2.13. The molecule has 0 spiro atoms. The first-order chi connectivity index (χ1) is 14.0. The standard InChI is InChI=1S/C21H27F2N3O3.HI/c1-5-24-21(25-10-9-15-16(22)7-6-8-17(15)23)26-13-14-11-18(27-2)20(29-4)19(12-14)28-3;/h6-8,11-12H,5,9-10,13H2,1-4H3,(H2,24,25,26);1H. The van der Waals surface area contributed by atoms with Crippen molar-refractivity contribution in [1.29, 1.82) is 0 Å². The number of methoxy groups -OCH3 is 3. The molecule has 0 amide bonds. The fourth-order valence-corrected chi connectivity index (χ4v) is 2.82. The monoisotopic (exact) mass is 535 g/mol. The van der Waals surface area contributed by atoms with Gasteiger partial charge >= 0.3 is 0 Å². The Hall–Kier alpha value is -2.30. The van der Waals surface area contributed by atoms with Crippen molar-refractivity contribution in [2.75, 3.05) is 34.4 Å². The van der Waals surface area contributed by atoms with Crippen LogP contribution in [0, 0.1) is 11.6 Å². The molecule has 9 heteroatoms. The lowest BCUT2D eigenvalue weighted by molar-refractivity contribution is 0.324. The molecule has 0 bridgehead atoms. The Bertz CT molecular complexity index is 805. The third-order valence-electron chi connectivity index (χ3n) is 4.22. The summed E-state index contributed by atoms with van der Waals surface area (Å²) in [5.74, 6) is 1.05. The molecule has 2 aromatic rings. The minimum Gasteiger partial charge on any atom is -0.493 e. The predicted octanol–water partition coefficient (Wildman–Crippen LogP) is 3.91. The van der Waals surface area contributed by atoms with E-state index in [4.69, 9.17) is 14.2 Å². The molecular formula is C21H28F2IN3O3. The lowest BCUT2D eigenvalue weighted by atomic mass is 10.1. The van der Waals surface area contributed by atoms with Crippen molar-refractivity contribution in [3.63, 3.8) is 0 Å². The summed E-state index contributed by atoms with van der Waals surface area (Å²) in [6.45, 7) is 3.27. The van der Waals surface area contributed by atoms with Gasteiger partial charge in [-0.2, -0.15) is 0 Å². The summed E-state index contributed by atoms with van der Waals surface area (Å²) in [4.78, 5) is 4.52.